The normalized spacial score (nSPS) is 23.0. The molecule has 0 radical (unpaired) electrons. The van der Waals surface area contributed by atoms with Gasteiger partial charge in [0, 0.05) is 6.61 Å². The van der Waals surface area contributed by atoms with E-state index in [1.807, 2.05) is 0 Å². The lowest BCUT2D eigenvalue weighted by atomic mass is 9.91. The van der Waals surface area contributed by atoms with Crippen molar-refractivity contribution in [3.63, 3.8) is 0 Å². The van der Waals surface area contributed by atoms with E-state index in [1.54, 1.807) is 0 Å². The topological polar surface area (TPSA) is 18.5 Å². The summed E-state index contributed by atoms with van der Waals surface area (Å²) in [6, 6.07) is 0. The number of hydrogen-bond acceptors (Lipinski definition) is 2. The molecule has 0 amide bonds. The largest absolute Gasteiger partial charge is 0.353 e. The first kappa shape index (κ1) is 13.0. The first-order valence-corrected chi connectivity index (χ1v) is 6.55. The fourth-order valence-corrected chi connectivity index (χ4v) is 2.37. The zero-order valence-electron chi connectivity index (χ0n) is 10.6. The molecular formula is C13H26O2. The highest BCUT2D eigenvalue weighted by atomic mass is 16.7. The zero-order valence-corrected chi connectivity index (χ0v) is 10.6. The van der Waals surface area contributed by atoms with Gasteiger partial charge in [0.1, 0.15) is 0 Å². The van der Waals surface area contributed by atoms with Crippen LogP contribution in [0.1, 0.15) is 65.7 Å². The predicted molar refractivity (Wildman–Crippen MR) is 62.9 cm³/mol. The van der Waals surface area contributed by atoms with Gasteiger partial charge in [0.2, 0.25) is 0 Å². The molecule has 1 unspecified atom stereocenters. The van der Waals surface area contributed by atoms with Crippen molar-refractivity contribution < 1.29 is 9.47 Å². The molecule has 1 heterocycles. The van der Waals surface area contributed by atoms with Gasteiger partial charge in [-0.1, -0.05) is 27.2 Å². The summed E-state index contributed by atoms with van der Waals surface area (Å²) in [5, 5.41) is 0. The Balaban J connectivity index is 2.47. The molecule has 0 saturated carbocycles. The molecule has 1 aliphatic rings. The smallest absolute Gasteiger partial charge is 0.158 e. The second kappa shape index (κ2) is 6.49. The Morgan fingerprint density at radius 3 is 2.40 bits per heavy atom. The van der Waals surface area contributed by atoms with Crippen molar-refractivity contribution >= 4 is 0 Å². The molecule has 1 atom stereocenters. The minimum atomic E-state index is 0.0604. The summed E-state index contributed by atoms with van der Waals surface area (Å²) in [5.74, 6) is 0. The van der Waals surface area contributed by atoms with Crippen molar-refractivity contribution in [2.24, 2.45) is 0 Å². The second-order valence-corrected chi connectivity index (χ2v) is 4.55. The molecule has 1 fully saturated rings. The molecule has 0 spiro atoms. The number of ether oxygens (including phenoxy) is 2. The van der Waals surface area contributed by atoms with E-state index < -0.39 is 0 Å². The molecule has 0 aliphatic carbocycles. The molecule has 90 valence electrons. The van der Waals surface area contributed by atoms with Gasteiger partial charge in [0.15, 0.2) is 6.29 Å². The van der Waals surface area contributed by atoms with E-state index in [0.29, 0.717) is 0 Å². The van der Waals surface area contributed by atoms with Crippen molar-refractivity contribution in [2.45, 2.75) is 77.6 Å². The zero-order chi connectivity index (χ0) is 11.1. The van der Waals surface area contributed by atoms with E-state index in [1.165, 1.54) is 19.3 Å². The maximum Gasteiger partial charge on any atom is 0.158 e. The van der Waals surface area contributed by atoms with Crippen molar-refractivity contribution in [1.82, 2.24) is 0 Å². The molecule has 0 aromatic heterocycles. The van der Waals surface area contributed by atoms with Crippen LogP contribution in [-0.4, -0.2) is 18.5 Å². The third-order valence-electron chi connectivity index (χ3n) is 3.51. The summed E-state index contributed by atoms with van der Waals surface area (Å²) >= 11 is 0. The molecule has 0 N–H and O–H groups in total. The van der Waals surface area contributed by atoms with Crippen LogP contribution >= 0.6 is 0 Å². The Labute approximate surface area is 94.3 Å². The monoisotopic (exact) mass is 214 g/mol. The Bertz CT molecular complexity index is 158. The molecule has 0 aromatic rings. The highest BCUT2D eigenvalue weighted by molar-refractivity contribution is 4.78. The highest BCUT2D eigenvalue weighted by Crippen LogP contribution is 2.30. The molecule has 1 rings (SSSR count). The summed E-state index contributed by atoms with van der Waals surface area (Å²) in [5.41, 5.74) is 0.0662. The maximum absolute atomic E-state index is 6.20. The van der Waals surface area contributed by atoms with Crippen molar-refractivity contribution in [2.75, 3.05) is 6.61 Å². The van der Waals surface area contributed by atoms with E-state index in [0.717, 1.165) is 32.3 Å². The molecule has 2 nitrogen and oxygen atoms in total. The standard InChI is InChI=1S/C13H26O2/c1-4-10-13(5-2,6-3)15-12-9-7-8-11-14-12/h12H,4-11H2,1-3H3. The molecule has 1 aliphatic heterocycles. The van der Waals surface area contributed by atoms with Gasteiger partial charge in [-0.05, 0) is 38.5 Å². The third kappa shape index (κ3) is 3.76. The Hall–Kier alpha value is -0.0800. The summed E-state index contributed by atoms with van der Waals surface area (Å²) in [4.78, 5) is 0. The minimum Gasteiger partial charge on any atom is -0.353 e. The maximum atomic E-state index is 6.20. The lowest BCUT2D eigenvalue weighted by Gasteiger charge is -2.37. The van der Waals surface area contributed by atoms with Crippen molar-refractivity contribution in [3.8, 4) is 0 Å². The summed E-state index contributed by atoms with van der Waals surface area (Å²) < 4.78 is 11.9. The van der Waals surface area contributed by atoms with Crippen LogP contribution in [0.2, 0.25) is 0 Å². The summed E-state index contributed by atoms with van der Waals surface area (Å²) in [7, 11) is 0. The van der Waals surface area contributed by atoms with E-state index in [9.17, 15) is 0 Å². The van der Waals surface area contributed by atoms with Crippen LogP contribution in [-0.2, 0) is 9.47 Å². The van der Waals surface area contributed by atoms with Gasteiger partial charge in [-0.15, -0.1) is 0 Å². The fraction of sp³-hybridized carbons (Fsp3) is 1.00. The van der Waals surface area contributed by atoms with Gasteiger partial charge in [0.05, 0.1) is 5.60 Å². The van der Waals surface area contributed by atoms with Crippen LogP contribution in [0.4, 0.5) is 0 Å². The Morgan fingerprint density at radius 1 is 1.20 bits per heavy atom. The van der Waals surface area contributed by atoms with Crippen LogP contribution in [0.3, 0.4) is 0 Å². The quantitative estimate of drug-likeness (QED) is 0.668. The van der Waals surface area contributed by atoms with Gasteiger partial charge in [-0.25, -0.2) is 0 Å². The number of rotatable bonds is 6. The van der Waals surface area contributed by atoms with E-state index in [4.69, 9.17) is 9.47 Å². The first-order chi connectivity index (χ1) is 7.26. The summed E-state index contributed by atoms with van der Waals surface area (Å²) in [6.45, 7) is 7.55. The lowest BCUT2D eigenvalue weighted by Crippen LogP contribution is -2.38. The molecule has 2 heteroatoms. The second-order valence-electron chi connectivity index (χ2n) is 4.55. The average molecular weight is 214 g/mol. The SMILES string of the molecule is CCCC(CC)(CC)OC1CCCCO1. The van der Waals surface area contributed by atoms with Gasteiger partial charge in [-0.3, -0.25) is 0 Å². The minimum absolute atomic E-state index is 0.0604. The van der Waals surface area contributed by atoms with Crippen molar-refractivity contribution in [1.29, 1.82) is 0 Å². The van der Waals surface area contributed by atoms with Gasteiger partial charge in [-0.2, -0.15) is 0 Å². The van der Waals surface area contributed by atoms with Crippen LogP contribution in [0.15, 0.2) is 0 Å². The highest BCUT2D eigenvalue weighted by Gasteiger charge is 2.30. The van der Waals surface area contributed by atoms with Gasteiger partial charge >= 0.3 is 0 Å². The van der Waals surface area contributed by atoms with Crippen LogP contribution in [0.5, 0.6) is 0 Å². The molecule has 1 saturated heterocycles. The van der Waals surface area contributed by atoms with Crippen LogP contribution < -0.4 is 0 Å². The first-order valence-electron chi connectivity index (χ1n) is 6.55. The lowest BCUT2D eigenvalue weighted by molar-refractivity contribution is -0.229. The molecule has 0 bridgehead atoms. The van der Waals surface area contributed by atoms with Gasteiger partial charge < -0.3 is 9.47 Å². The fourth-order valence-electron chi connectivity index (χ4n) is 2.37. The predicted octanol–water partition coefficient (Wildman–Crippen LogP) is 3.89. The molecule has 0 aromatic carbocycles. The average Bonchev–Trinajstić information content (AvgIpc) is 2.30. The van der Waals surface area contributed by atoms with Crippen molar-refractivity contribution in [3.05, 3.63) is 0 Å². The van der Waals surface area contributed by atoms with Gasteiger partial charge in [0.25, 0.3) is 0 Å². The van der Waals surface area contributed by atoms with E-state index >= 15 is 0 Å². The molecular weight excluding hydrogens is 188 g/mol. The van der Waals surface area contributed by atoms with E-state index in [-0.39, 0.29) is 11.9 Å². The van der Waals surface area contributed by atoms with Crippen LogP contribution in [0, 0.1) is 0 Å². The number of hydrogen-bond donors (Lipinski definition) is 0. The van der Waals surface area contributed by atoms with E-state index in [2.05, 4.69) is 20.8 Å². The summed E-state index contributed by atoms with van der Waals surface area (Å²) in [6.07, 6.45) is 8.11. The third-order valence-corrected chi connectivity index (χ3v) is 3.51. The Kier molecular flexibility index (Phi) is 5.62. The van der Waals surface area contributed by atoms with Crippen LogP contribution in [0.25, 0.3) is 0 Å². The molecule has 15 heavy (non-hydrogen) atoms. The Morgan fingerprint density at radius 2 is 1.93 bits per heavy atom.